The Balaban J connectivity index is 1.57. The Kier molecular flexibility index (Phi) is 4.60. The number of carbonyl (C=O) groups is 1. The van der Waals surface area contributed by atoms with Crippen molar-refractivity contribution in [3.63, 3.8) is 0 Å². The van der Waals surface area contributed by atoms with Gasteiger partial charge in [-0.2, -0.15) is 0 Å². The molecule has 1 aliphatic carbocycles. The van der Waals surface area contributed by atoms with Crippen molar-refractivity contribution in [1.29, 1.82) is 0 Å². The number of halogens is 1. The predicted molar refractivity (Wildman–Crippen MR) is 104 cm³/mol. The molecular weight excluding hydrogens is 348 g/mol. The van der Waals surface area contributed by atoms with Crippen LogP contribution in [0.3, 0.4) is 0 Å². The van der Waals surface area contributed by atoms with Crippen molar-refractivity contribution in [2.75, 3.05) is 7.11 Å². The lowest BCUT2D eigenvalue weighted by Gasteiger charge is -2.11. The number of amides is 1. The van der Waals surface area contributed by atoms with E-state index in [0.29, 0.717) is 17.1 Å². The minimum atomic E-state index is -0.174. The summed E-state index contributed by atoms with van der Waals surface area (Å²) < 4.78 is 5.22. The van der Waals surface area contributed by atoms with Crippen LogP contribution in [0.25, 0.3) is 10.9 Å². The van der Waals surface area contributed by atoms with Gasteiger partial charge in [0, 0.05) is 23.1 Å². The van der Waals surface area contributed by atoms with E-state index >= 15 is 0 Å². The molecule has 0 saturated carbocycles. The molecule has 134 valence electrons. The highest BCUT2D eigenvalue weighted by Crippen LogP contribution is 2.32. The summed E-state index contributed by atoms with van der Waals surface area (Å²) >= 11 is 6.43. The summed E-state index contributed by atoms with van der Waals surface area (Å²) in [4.78, 5) is 16.1. The van der Waals surface area contributed by atoms with E-state index in [9.17, 15) is 4.79 Å². The van der Waals surface area contributed by atoms with E-state index in [0.717, 1.165) is 35.1 Å². The Bertz CT molecular complexity index is 978. The Morgan fingerprint density at radius 1 is 1.23 bits per heavy atom. The van der Waals surface area contributed by atoms with Crippen LogP contribution >= 0.6 is 11.6 Å². The van der Waals surface area contributed by atoms with Crippen LogP contribution in [-0.2, 0) is 19.4 Å². The minimum Gasteiger partial charge on any atom is -0.497 e. The number of ether oxygens (including phenoxy) is 1. The lowest BCUT2D eigenvalue weighted by Crippen LogP contribution is -2.23. The van der Waals surface area contributed by atoms with E-state index in [1.165, 1.54) is 24.1 Å². The topological polar surface area (TPSA) is 54.1 Å². The summed E-state index contributed by atoms with van der Waals surface area (Å²) in [6, 6.07) is 11.4. The zero-order valence-electron chi connectivity index (χ0n) is 14.7. The average Bonchev–Trinajstić information content (AvgIpc) is 3.03. The summed E-state index contributed by atoms with van der Waals surface area (Å²) in [6.45, 7) is 0.422. The van der Waals surface area contributed by atoms with E-state index in [2.05, 4.69) is 10.3 Å². The third kappa shape index (κ3) is 3.17. The molecule has 0 atom stereocenters. The summed E-state index contributed by atoms with van der Waals surface area (Å²) in [5, 5.41) is 4.58. The largest absolute Gasteiger partial charge is 0.497 e. The van der Waals surface area contributed by atoms with Gasteiger partial charge in [-0.25, -0.2) is 0 Å². The third-order valence-electron chi connectivity index (χ3n) is 5.02. The molecule has 0 spiro atoms. The number of hydrogen-bond acceptors (Lipinski definition) is 2. The number of nitrogens with one attached hydrogen (secondary N) is 2. The second kappa shape index (κ2) is 7.04. The number of hydrogen-bond donors (Lipinski definition) is 2. The maximum atomic E-state index is 12.6. The molecule has 1 amide bonds. The van der Waals surface area contributed by atoms with Gasteiger partial charge in [0.15, 0.2) is 0 Å². The van der Waals surface area contributed by atoms with Crippen molar-refractivity contribution >= 4 is 28.4 Å². The second-order valence-corrected chi connectivity index (χ2v) is 7.11. The summed E-state index contributed by atoms with van der Waals surface area (Å²) in [6.07, 6.45) is 4.56. The highest BCUT2D eigenvalue weighted by atomic mass is 35.5. The number of H-pyrrole nitrogens is 1. The monoisotopic (exact) mass is 368 g/mol. The van der Waals surface area contributed by atoms with Gasteiger partial charge in [-0.05, 0) is 61.1 Å². The maximum absolute atomic E-state index is 12.6. The van der Waals surface area contributed by atoms with Crippen LogP contribution in [0.1, 0.15) is 40.0 Å². The fourth-order valence-corrected chi connectivity index (χ4v) is 3.91. The smallest absolute Gasteiger partial charge is 0.253 e. The molecular formula is C21H21ClN2O2. The molecule has 4 nitrogen and oxygen atoms in total. The summed E-state index contributed by atoms with van der Waals surface area (Å²) in [5.41, 5.74) is 5.12. The van der Waals surface area contributed by atoms with Crippen LogP contribution in [-0.4, -0.2) is 18.0 Å². The van der Waals surface area contributed by atoms with Gasteiger partial charge in [-0.15, -0.1) is 0 Å². The van der Waals surface area contributed by atoms with E-state index in [1.54, 1.807) is 7.11 Å². The second-order valence-electron chi connectivity index (χ2n) is 6.70. The first-order valence-corrected chi connectivity index (χ1v) is 9.27. The van der Waals surface area contributed by atoms with Crippen LogP contribution in [0.4, 0.5) is 0 Å². The zero-order chi connectivity index (χ0) is 18.1. The predicted octanol–water partition coefficient (Wildman–Crippen LogP) is 4.64. The van der Waals surface area contributed by atoms with Crippen molar-refractivity contribution in [2.24, 2.45) is 0 Å². The lowest BCUT2D eigenvalue weighted by molar-refractivity contribution is 0.0951. The van der Waals surface area contributed by atoms with Crippen molar-refractivity contribution in [3.8, 4) is 5.75 Å². The van der Waals surface area contributed by atoms with E-state index in [1.807, 2.05) is 36.4 Å². The van der Waals surface area contributed by atoms with Gasteiger partial charge in [0.2, 0.25) is 0 Å². The molecule has 0 radical (unpaired) electrons. The number of methoxy groups -OCH3 is 1. The van der Waals surface area contributed by atoms with Gasteiger partial charge < -0.3 is 15.0 Å². The third-order valence-corrected chi connectivity index (χ3v) is 5.33. The first kappa shape index (κ1) is 17.0. The zero-order valence-corrected chi connectivity index (χ0v) is 15.5. The first-order chi connectivity index (χ1) is 12.7. The molecule has 1 aromatic heterocycles. The quantitative estimate of drug-likeness (QED) is 0.704. The van der Waals surface area contributed by atoms with Gasteiger partial charge in [-0.1, -0.05) is 23.7 Å². The van der Waals surface area contributed by atoms with Crippen molar-refractivity contribution in [2.45, 2.75) is 32.2 Å². The summed E-state index contributed by atoms with van der Waals surface area (Å²) in [5.74, 6) is 0.598. The van der Waals surface area contributed by atoms with Crippen LogP contribution in [0, 0.1) is 0 Å². The van der Waals surface area contributed by atoms with Gasteiger partial charge in [0.25, 0.3) is 5.91 Å². The van der Waals surface area contributed by atoms with Crippen LogP contribution < -0.4 is 10.1 Å². The van der Waals surface area contributed by atoms with Crippen LogP contribution in [0.5, 0.6) is 5.75 Å². The molecule has 0 unspecified atom stereocenters. The number of rotatable bonds is 4. The average molecular weight is 369 g/mol. The van der Waals surface area contributed by atoms with Crippen LogP contribution in [0.15, 0.2) is 36.4 Å². The minimum absolute atomic E-state index is 0.174. The molecule has 0 fully saturated rings. The standard InChI is InChI=1S/C21H21ClN2O2/c1-26-14-6-4-5-13(9-14)12-23-21(25)17-11-20-16(10-18(17)22)15-7-2-3-8-19(15)24-20/h4-6,9-11,24H,2-3,7-8,12H2,1H3,(H,23,25). The van der Waals surface area contributed by atoms with Gasteiger partial charge in [0.1, 0.15) is 5.75 Å². The molecule has 1 aliphatic rings. The number of fused-ring (bicyclic) bond motifs is 3. The molecule has 3 aromatic rings. The van der Waals surface area contributed by atoms with Crippen LogP contribution in [0.2, 0.25) is 5.02 Å². The molecule has 2 N–H and O–H groups in total. The molecule has 0 bridgehead atoms. The molecule has 2 aromatic carbocycles. The Hall–Kier alpha value is -2.46. The van der Waals surface area contributed by atoms with Gasteiger partial charge >= 0.3 is 0 Å². The van der Waals surface area contributed by atoms with Gasteiger partial charge in [-0.3, -0.25) is 4.79 Å². The SMILES string of the molecule is COc1cccc(CNC(=O)c2cc3[nH]c4c(c3cc2Cl)CCCC4)c1. The number of aromatic amines is 1. The highest BCUT2D eigenvalue weighted by molar-refractivity contribution is 6.34. The molecule has 1 heterocycles. The normalized spacial score (nSPS) is 13.5. The molecule has 26 heavy (non-hydrogen) atoms. The molecule has 5 heteroatoms. The Morgan fingerprint density at radius 3 is 2.92 bits per heavy atom. The van der Waals surface area contributed by atoms with E-state index in [-0.39, 0.29) is 5.91 Å². The van der Waals surface area contributed by atoms with Crippen molar-refractivity contribution in [1.82, 2.24) is 10.3 Å². The lowest BCUT2D eigenvalue weighted by atomic mass is 9.95. The molecule has 0 saturated heterocycles. The number of aryl methyl sites for hydroxylation is 2. The number of benzene rings is 2. The van der Waals surface area contributed by atoms with E-state index < -0.39 is 0 Å². The maximum Gasteiger partial charge on any atom is 0.253 e. The van der Waals surface area contributed by atoms with Gasteiger partial charge in [0.05, 0.1) is 17.7 Å². The summed E-state index contributed by atoms with van der Waals surface area (Å²) in [7, 11) is 1.63. The van der Waals surface area contributed by atoms with Crippen molar-refractivity contribution < 1.29 is 9.53 Å². The highest BCUT2D eigenvalue weighted by Gasteiger charge is 2.19. The fraction of sp³-hybridized carbons (Fsp3) is 0.286. The Morgan fingerprint density at radius 2 is 2.08 bits per heavy atom. The molecule has 0 aliphatic heterocycles. The fourth-order valence-electron chi connectivity index (χ4n) is 3.66. The number of aromatic nitrogens is 1. The number of carbonyl (C=O) groups excluding carboxylic acids is 1. The van der Waals surface area contributed by atoms with Crippen molar-refractivity contribution in [3.05, 3.63) is 63.8 Å². The van der Waals surface area contributed by atoms with E-state index in [4.69, 9.17) is 16.3 Å². The first-order valence-electron chi connectivity index (χ1n) is 8.90. The Labute approximate surface area is 157 Å². The molecule has 4 rings (SSSR count).